The quantitative estimate of drug-likeness (QED) is 0.345. The Morgan fingerprint density at radius 1 is 1.33 bits per heavy atom. The Morgan fingerprint density at radius 3 is 2.40 bits per heavy atom. The molecule has 1 aliphatic heterocycles. The fourth-order valence-electron chi connectivity index (χ4n) is 1.49. The van der Waals surface area contributed by atoms with Crippen LogP contribution in [0.5, 0.6) is 0 Å². The second kappa shape index (κ2) is 5.15. The molecular formula is C8H15NO5S. The molecule has 5 atom stereocenters. The van der Waals surface area contributed by atoms with Gasteiger partial charge < -0.3 is 30.5 Å². The second-order valence-corrected chi connectivity index (χ2v) is 4.07. The molecule has 0 aromatic rings. The van der Waals surface area contributed by atoms with Crippen molar-refractivity contribution in [3.63, 3.8) is 0 Å². The summed E-state index contributed by atoms with van der Waals surface area (Å²) in [6.07, 6.45) is -4.81. The van der Waals surface area contributed by atoms with Crippen LogP contribution in [0.4, 0.5) is 0 Å². The molecule has 0 aromatic heterocycles. The average molecular weight is 237 g/mol. The van der Waals surface area contributed by atoms with Crippen LogP contribution in [0.15, 0.2) is 0 Å². The highest BCUT2D eigenvalue weighted by molar-refractivity contribution is 7.80. The SMILES string of the molecule is CC(=S)N[C@@H]1C(O)O[C@H](CO)[C@@H](O)[C@@H]1O. The molecular weight excluding hydrogens is 222 g/mol. The number of thiocarbonyl (C=S) groups is 1. The molecule has 88 valence electrons. The third kappa shape index (κ3) is 2.83. The molecule has 1 saturated heterocycles. The first-order valence-electron chi connectivity index (χ1n) is 4.55. The van der Waals surface area contributed by atoms with E-state index in [2.05, 4.69) is 5.32 Å². The zero-order chi connectivity index (χ0) is 11.6. The standard InChI is InChI=1S/C8H15NO5S/c1-3(15)9-5-7(12)6(11)4(2-10)14-8(5)13/h4-8,10-13H,2H2,1H3,(H,9,15)/t4-,5+,6-,7-,8?/m1/s1. The molecule has 1 aliphatic rings. The highest BCUT2D eigenvalue weighted by Gasteiger charge is 2.43. The van der Waals surface area contributed by atoms with Crippen molar-refractivity contribution in [2.45, 2.75) is 37.6 Å². The maximum absolute atomic E-state index is 9.64. The van der Waals surface area contributed by atoms with Crippen molar-refractivity contribution in [2.75, 3.05) is 6.61 Å². The van der Waals surface area contributed by atoms with Gasteiger partial charge >= 0.3 is 0 Å². The van der Waals surface area contributed by atoms with Crippen LogP contribution in [-0.4, -0.2) is 62.7 Å². The van der Waals surface area contributed by atoms with Crippen molar-refractivity contribution < 1.29 is 25.2 Å². The minimum atomic E-state index is -1.32. The number of aliphatic hydroxyl groups excluding tert-OH is 4. The lowest BCUT2D eigenvalue weighted by molar-refractivity contribution is -0.251. The monoisotopic (exact) mass is 237 g/mol. The van der Waals surface area contributed by atoms with Gasteiger partial charge in [-0.3, -0.25) is 0 Å². The normalized spacial score (nSPS) is 41.3. The van der Waals surface area contributed by atoms with Gasteiger partial charge in [-0.25, -0.2) is 0 Å². The first-order chi connectivity index (χ1) is 6.97. The van der Waals surface area contributed by atoms with Crippen molar-refractivity contribution in [1.82, 2.24) is 5.32 Å². The molecule has 1 heterocycles. The number of hydrogen-bond donors (Lipinski definition) is 5. The smallest absolute Gasteiger partial charge is 0.178 e. The third-order valence-electron chi connectivity index (χ3n) is 2.27. The van der Waals surface area contributed by atoms with Gasteiger partial charge in [-0.05, 0) is 6.92 Å². The lowest BCUT2D eigenvalue weighted by atomic mass is 9.97. The lowest BCUT2D eigenvalue weighted by Crippen LogP contribution is -2.63. The van der Waals surface area contributed by atoms with Gasteiger partial charge in [0.25, 0.3) is 0 Å². The molecule has 7 heteroatoms. The number of aliphatic hydroxyl groups is 4. The van der Waals surface area contributed by atoms with Gasteiger partial charge in [0.1, 0.15) is 24.4 Å². The zero-order valence-electron chi connectivity index (χ0n) is 8.20. The third-order valence-corrected chi connectivity index (χ3v) is 2.39. The van der Waals surface area contributed by atoms with Gasteiger partial charge in [0.05, 0.1) is 11.6 Å². The summed E-state index contributed by atoms with van der Waals surface area (Å²) in [4.78, 5) is 0.372. The molecule has 1 unspecified atom stereocenters. The van der Waals surface area contributed by atoms with Gasteiger partial charge in [-0.15, -0.1) is 0 Å². The van der Waals surface area contributed by atoms with E-state index in [4.69, 9.17) is 22.1 Å². The summed E-state index contributed by atoms with van der Waals surface area (Å²) in [5.41, 5.74) is 0. The Kier molecular flexibility index (Phi) is 4.38. The molecule has 6 nitrogen and oxygen atoms in total. The predicted molar refractivity (Wildman–Crippen MR) is 55.2 cm³/mol. The van der Waals surface area contributed by atoms with Crippen LogP contribution in [0, 0.1) is 0 Å². The summed E-state index contributed by atoms with van der Waals surface area (Å²) < 4.78 is 4.91. The fraction of sp³-hybridized carbons (Fsp3) is 0.875. The molecule has 0 aliphatic carbocycles. The van der Waals surface area contributed by atoms with Crippen LogP contribution in [0.2, 0.25) is 0 Å². The lowest BCUT2D eigenvalue weighted by Gasteiger charge is -2.40. The maximum atomic E-state index is 9.64. The Morgan fingerprint density at radius 2 is 1.93 bits per heavy atom. The molecule has 5 N–H and O–H groups in total. The summed E-state index contributed by atoms with van der Waals surface area (Å²) in [6.45, 7) is 1.11. The van der Waals surface area contributed by atoms with E-state index in [9.17, 15) is 15.3 Å². The Bertz CT molecular complexity index is 239. The minimum absolute atomic E-state index is 0.372. The number of nitrogens with one attached hydrogen (secondary N) is 1. The first kappa shape index (κ1) is 12.8. The molecule has 0 aromatic carbocycles. The van der Waals surface area contributed by atoms with Crippen LogP contribution >= 0.6 is 12.2 Å². The van der Waals surface area contributed by atoms with Crippen LogP contribution in [0.3, 0.4) is 0 Å². The van der Waals surface area contributed by atoms with E-state index >= 15 is 0 Å². The topological polar surface area (TPSA) is 102 Å². The van der Waals surface area contributed by atoms with E-state index in [1.54, 1.807) is 6.92 Å². The molecule has 1 fully saturated rings. The summed E-state index contributed by atoms with van der Waals surface area (Å²) in [7, 11) is 0. The highest BCUT2D eigenvalue weighted by Crippen LogP contribution is 2.19. The van der Waals surface area contributed by atoms with Crippen molar-refractivity contribution in [1.29, 1.82) is 0 Å². The van der Waals surface area contributed by atoms with Crippen molar-refractivity contribution in [2.24, 2.45) is 0 Å². The second-order valence-electron chi connectivity index (χ2n) is 3.46. The van der Waals surface area contributed by atoms with Gasteiger partial charge in [0, 0.05) is 0 Å². The van der Waals surface area contributed by atoms with Crippen molar-refractivity contribution in [3.8, 4) is 0 Å². The number of ether oxygens (including phenoxy) is 1. The fourth-order valence-corrected chi connectivity index (χ4v) is 1.62. The maximum Gasteiger partial charge on any atom is 0.178 e. The van der Waals surface area contributed by atoms with Gasteiger partial charge in [-0.2, -0.15) is 0 Å². The highest BCUT2D eigenvalue weighted by atomic mass is 32.1. The van der Waals surface area contributed by atoms with E-state index in [0.29, 0.717) is 4.99 Å². The Hall–Kier alpha value is -0.310. The number of hydrogen-bond acceptors (Lipinski definition) is 6. The summed E-state index contributed by atoms with van der Waals surface area (Å²) in [6, 6.07) is -0.889. The summed E-state index contributed by atoms with van der Waals surface area (Å²) in [5.74, 6) is 0. The molecule has 0 bridgehead atoms. The molecule has 15 heavy (non-hydrogen) atoms. The first-order valence-corrected chi connectivity index (χ1v) is 4.95. The van der Waals surface area contributed by atoms with Gasteiger partial charge in [-0.1, -0.05) is 12.2 Å². The molecule has 1 rings (SSSR count). The van der Waals surface area contributed by atoms with E-state index < -0.39 is 37.3 Å². The average Bonchev–Trinajstić information content (AvgIpc) is 2.18. The van der Waals surface area contributed by atoms with Crippen molar-refractivity contribution in [3.05, 3.63) is 0 Å². The van der Waals surface area contributed by atoms with Crippen molar-refractivity contribution >= 4 is 17.2 Å². The number of rotatable bonds is 2. The Labute approximate surface area is 92.5 Å². The van der Waals surface area contributed by atoms with E-state index in [1.807, 2.05) is 0 Å². The molecule has 0 radical (unpaired) electrons. The van der Waals surface area contributed by atoms with Crippen LogP contribution in [0.25, 0.3) is 0 Å². The van der Waals surface area contributed by atoms with E-state index in [-0.39, 0.29) is 0 Å². The summed E-state index contributed by atoms with van der Waals surface area (Å²) in [5, 5.41) is 40.1. The van der Waals surface area contributed by atoms with Crippen LogP contribution in [-0.2, 0) is 4.74 Å². The molecule has 0 spiro atoms. The van der Waals surface area contributed by atoms with Crippen LogP contribution < -0.4 is 5.32 Å². The predicted octanol–water partition coefficient (Wildman–Crippen LogP) is -2.28. The molecule has 0 amide bonds. The summed E-state index contributed by atoms with van der Waals surface area (Å²) >= 11 is 4.76. The van der Waals surface area contributed by atoms with Gasteiger partial charge in [0.2, 0.25) is 0 Å². The zero-order valence-corrected chi connectivity index (χ0v) is 9.02. The van der Waals surface area contributed by atoms with Gasteiger partial charge in [0.15, 0.2) is 6.29 Å². The minimum Gasteiger partial charge on any atom is -0.394 e. The molecule has 0 saturated carbocycles. The largest absolute Gasteiger partial charge is 0.394 e. The van der Waals surface area contributed by atoms with E-state index in [1.165, 1.54) is 0 Å². The Balaban J connectivity index is 2.70. The van der Waals surface area contributed by atoms with E-state index in [0.717, 1.165) is 0 Å². The van der Waals surface area contributed by atoms with Crippen LogP contribution in [0.1, 0.15) is 6.92 Å².